The highest BCUT2D eigenvalue weighted by atomic mass is 31.2. The van der Waals surface area contributed by atoms with Gasteiger partial charge in [-0.3, -0.25) is 4.57 Å². The molecule has 208 valence electrons. The van der Waals surface area contributed by atoms with Gasteiger partial charge in [-0.15, -0.1) is 0 Å². The van der Waals surface area contributed by atoms with Crippen LogP contribution >= 0.6 is 7.60 Å². The quantitative estimate of drug-likeness (QED) is 0.0524. The SMILES string of the molecule is CCCCCCC/C=C\CCC/C=C\CCCCCCCCCCC(O)(C[N+](C)(C)C)P(=O)(O)O. The van der Waals surface area contributed by atoms with E-state index in [1.54, 1.807) is 0 Å². The lowest BCUT2D eigenvalue weighted by Crippen LogP contribution is -2.49. The predicted molar refractivity (Wildman–Crippen MR) is 152 cm³/mol. The largest absolute Gasteiger partial charge is 0.373 e. The van der Waals surface area contributed by atoms with E-state index in [9.17, 15) is 19.5 Å². The van der Waals surface area contributed by atoms with Gasteiger partial charge in [-0.1, -0.05) is 95.4 Å². The molecule has 3 N–H and O–H groups in total. The van der Waals surface area contributed by atoms with Crippen LogP contribution in [-0.4, -0.2) is 52.4 Å². The summed E-state index contributed by atoms with van der Waals surface area (Å²) in [5.74, 6) is 0. The maximum absolute atomic E-state index is 11.8. The lowest BCUT2D eigenvalue weighted by Gasteiger charge is -2.35. The molecule has 0 bridgehead atoms. The van der Waals surface area contributed by atoms with E-state index in [-0.39, 0.29) is 13.0 Å². The topological polar surface area (TPSA) is 77.8 Å². The number of allylic oxidation sites excluding steroid dienone is 4. The Hall–Kier alpha value is -0.450. The first kappa shape index (κ1) is 34.6. The van der Waals surface area contributed by atoms with E-state index >= 15 is 0 Å². The van der Waals surface area contributed by atoms with Crippen molar-refractivity contribution in [1.29, 1.82) is 0 Å². The van der Waals surface area contributed by atoms with E-state index in [2.05, 4.69) is 31.2 Å². The molecule has 5 nitrogen and oxygen atoms in total. The minimum atomic E-state index is -4.55. The standard InChI is InChI=1S/C29H58NO4P/c1-5-6-7-8-9-10-11-12-13-14-15-16-17-18-19-20-21-22-23-24-25-26-27-29(31,35(32,33)34)28-30(2,3)4/h11-12,16-17,31H,5-10,13-15,18-28H2,1-4H3,(H-,32,33,34)/p+1/b12-11-,17-16-. The molecule has 0 amide bonds. The molecule has 0 saturated heterocycles. The summed E-state index contributed by atoms with van der Waals surface area (Å²) in [5, 5.41) is 8.65. The highest BCUT2D eigenvalue weighted by Gasteiger charge is 2.48. The average Bonchev–Trinajstić information content (AvgIpc) is 2.75. The van der Waals surface area contributed by atoms with E-state index in [1.807, 2.05) is 21.1 Å². The molecule has 1 unspecified atom stereocenters. The number of hydrogen-bond donors (Lipinski definition) is 3. The molecule has 0 aromatic carbocycles. The highest BCUT2D eigenvalue weighted by molar-refractivity contribution is 7.53. The van der Waals surface area contributed by atoms with Crippen molar-refractivity contribution >= 4 is 7.60 Å². The molecule has 0 heterocycles. The molecule has 0 radical (unpaired) electrons. The van der Waals surface area contributed by atoms with E-state index in [0.29, 0.717) is 10.9 Å². The van der Waals surface area contributed by atoms with Gasteiger partial charge in [0, 0.05) is 0 Å². The lowest BCUT2D eigenvalue weighted by atomic mass is 10.0. The van der Waals surface area contributed by atoms with Gasteiger partial charge in [0.05, 0.1) is 21.1 Å². The predicted octanol–water partition coefficient (Wildman–Crippen LogP) is 8.10. The molecule has 1 atom stereocenters. The second-order valence-electron chi connectivity index (χ2n) is 11.4. The normalized spacial score (nSPS) is 14.8. The molecular weight excluding hydrogens is 457 g/mol. The zero-order valence-electron chi connectivity index (χ0n) is 23.6. The minimum Gasteiger partial charge on any atom is -0.373 e. The van der Waals surface area contributed by atoms with Gasteiger partial charge in [-0.25, -0.2) is 0 Å². The Bertz CT molecular complexity index is 594. The third-order valence-electron chi connectivity index (χ3n) is 6.52. The maximum atomic E-state index is 11.8. The minimum absolute atomic E-state index is 0.0576. The maximum Gasteiger partial charge on any atom is 0.362 e. The first-order valence-electron chi connectivity index (χ1n) is 14.4. The molecule has 6 heteroatoms. The molecule has 0 rings (SSSR count). The van der Waals surface area contributed by atoms with Gasteiger partial charge in [0.25, 0.3) is 0 Å². The molecule has 0 aromatic rings. The second kappa shape index (κ2) is 20.6. The smallest absolute Gasteiger partial charge is 0.362 e. The van der Waals surface area contributed by atoms with Crippen molar-refractivity contribution < 1.29 is 23.9 Å². The van der Waals surface area contributed by atoms with Crippen LogP contribution in [0.15, 0.2) is 24.3 Å². The lowest BCUT2D eigenvalue weighted by molar-refractivity contribution is -0.875. The Kier molecular flexibility index (Phi) is 20.3. The van der Waals surface area contributed by atoms with Crippen LogP contribution in [-0.2, 0) is 4.57 Å². The van der Waals surface area contributed by atoms with Crippen LogP contribution < -0.4 is 0 Å². The highest BCUT2D eigenvalue weighted by Crippen LogP contribution is 2.52. The van der Waals surface area contributed by atoms with Crippen LogP contribution in [0.5, 0.6) is 0 Å². The van der Waals surface area contributed by atoms with Gasteiger partial charge >= 0.3 is 7.60 Å². The third kappa shape index (κ3) is 21.4. The zero-order valence-corrected chi connectivity index (χ0v) is 24.5. The summed E-state index contributed by atoms with van der Waals surface area (Å²) in [7, 11) is 0.970. The van der Waals surface area contributed by atoms with Crippen LogP contribution in [0.25, 0.3) is 0 Å². The summed E-state index contributed by atoms with van der Waals surface area (Å²) in [6.45, 7) is 2.32. The van der Waals surface area contributed by atoms with E-state index in [0.717, 1.165) is 19.3 Å². The van der Waals surface area contributed by atoms with Gasteiger partial charge in [0.15, 0.2) is 0 Å². The van der Waals surface area contributed by atoms with E-state index in [4.69, 9.17) is 0 Å². The van der Waals surface area contributed by atoms with E-state index < -0.39 is 12.9 Å². The Morgan fingerprint density at radius 2 is 1.00 bits per heavy atom. The van der Waals surface area contributed by atoms with Gasteiger partial charge < -0.3 is 19.4 Å². The molecule has 0 aliphatic rings. The summed E-state index contributed by atoms with van der Waals surface area (Å²) < 4.78 is 12.1. The van der Waals surface area contributed by atoms with Crippen molar-refractivity contribution in [2.75, 3.05) is 27.7 Å². The number of quaternary nitrogens is 1. The molecule has 0 aromatic heterocycles. The second-order valence-corrected chi connectivity index (χ2v) is 13.3. The van der Waals surface area contributed by atoms with Crippen molar-refractivity contribution in [2.45, 2.75) is 134 Å². The number of rotatable bonds is 24. The monoisotopic (exact) mass is 516 g/mol. The van der Waals surface area contributed by atoms with Gasteiger partial charge in [-0.05, 0) is 57.8 Å². The van der Waals surface area contributed by atoms with Crippen LogP contribution in [0.3, 0.4) is 0 Å². The summed E-state index contributed by atoms with van der Waals surface area (Å²) >= 11 is 0. The van der Waals surface area contributed by atoms with Crippen molar-refractivity contribution in [3.8, 4) is 0 Å². The number of unbranched alkanes of at least 4 members (excludes halogenated alkanes) is 15. The number of nitrogens with zero attached hydrogens (tertiary/aromatic N) is 1. The fourth-order valence-electron chi connectivity index (χ4n) is 4.50. The van der Waals surface area contributed by atoms with Crippen molar-refractivity contribution in [2.24, 2.45) is 0 Å². The van der Waals surface area contributed by atoms with Crippen molar-refractivity contribution in [1.82, 2.24) is 0 Å². The van der Waals surface area contributed by atoms with Crippen molar-refractivity contribution in [3.63, 3.8) is 0 Å². The summed E-state index contributed by atoms with van der Waals surface area (Å²) in [6.07, 6.45) is 31.3. The van der Waals surface area contributed by atoms with Crippen LogP contribution in [0.2, 0.25) is 0 Å². The first-order chi connectivity index (χ1) is 16.5. The van der Waals surface area contributed by atoms with Gasteiger partial charge in [0.1, 0.15) is 6.54 Å². The van der Waals surface area contributed by atoms with Crippen molar-refractivity contribution in [3.05, 3.63) is 24.3 Å². The molecular formula is C29H59NO4P+. The Balaban J connectivity index is 3.58. The van der Waals surface area contributed by atoms with Crippen LogP contribution in [0.1, 0.15) is 129 Å². The van der Waals surface area contributed by atoms with Gasteiger partial charge in [0.2, 0.25) is 5.34 Å². The molecule has 35 heavy (non-hydrogen) atoms. The third-order valence-corrected chi connectivity index (χ3v) is 7.97. The fourth-order valence-corrected chi connectivity index (χ4v) is 5.56. The zero-order chi connectivity index (χ0) is 26.5. The van der Waals surface area contributed by atoms with Crippen LogP contribution in [0.4, 0.5) is 0 Å². The molecule has 0 fully saturated rings. The van der Waals surface area contributed by atoms with E-state index in [1.165, 1.54) is 89.9 Å². The Labute approximate surface area is 217 Å². The van der Waals surface area contributed by atoms with Crippen LogP contribution in [0, 0.1) is 0 Å². The summed E-state index contributed by atoms with van der Waals surface area (Å²) in [6, 6.07) is 0. The summed E-state index contributed by atoms with van der Waals surface area (Å²) in [4.78, 5) is 19.2. The summed E-state index contributed by atoms with van der Waals surface area (Å²) in [5.41, 5.74) is 0. The average molecular weight is 517 g/mol. The number of aliphatic hydroxyl groups is 1. The Morgan fingerprint density at radius 3 is 1.40 bits per heavy atom. The van der Waals surface area contributed by atoms with Gasteiger partial charge in [-0.2, -0.15) is 0 Å². The number of likely N-dealkylation sites (N-methyl/N-ethyl adjacent to an activating group) is 1. The Morgan fingerprint density at radius 1 is 0.629 bits per heavy atom. The number of hydrogen-bond acceptors (Lipinski definition) is 2. The molecule has 0 aliphatic carbocycles. The first-order valence-corrected chi connectivity index (χ1v) is 16.0. The fraction of sp³-hybridized carbons (Fsp3) is 0.862. The molecule has 0 aliphatic heterocycles. The molecule has 0 spiro atoms. The molecule has 0 saturated carbocycles.